The molecule has 0 spiro atoms. The zero-order valence-corrected chi connectivity index (χ0v) is 8.93. The summed E-state index contributed by atoms with van der Waals surface area (Å²) in [5.74, 6) is 0. The fraction of sp³-hybridized carbons (Fsp3) is 0.900. The van der Waals surface area contributed by atoms with Crippen LogP contribution in [0, 0.1) is 0 Å². The summed E-state index contributed by atoms with van der Waals surface area (Å²) in [5, 5.41) is 0. The highest BCUT2D eigenvalue weighted by molar-refractivity contribution is 7.78. The molecule has 13 heavy (non-hydrogen) atoms. The van der Waals surface area contributed by atoms with Crippen LogP contribution in [0.5, 0.6) is 0 Å². The van der Waals surface area contributed by atoms with Crippen molar-refractivity contribution < 1.29 is 0 Å². The molecule has 2 aliphatic rings. The van der Waals surface area contributed by atoms with Crippen molar-refractivity contribution in [1.29, 1.82) is 0 Å². The number of piperazine rings is 1. The van der Waals surface area contributed by atoms with Crippen molar-refractivity contribution in [2.45, 2.75) is 31.7 Å². The largest absolute Gasteiger partial charge is 0.366 e. The number of rotatable bonds is 2. The molecule has 2 fully saturated rings. The van der Waals surface area contributed by atoms with Crippen LogP contribution in [0.1, 0.15) is 25.7 Å². The predicted octanol–water partition coefficient (Wildman–Crippen LogP) is 1.50. The van der Waals surface area contributed by atoms with E-state index < -0.39 is 0 Å². The maximum atomic E-state index is 4.93. The lowest BCUT2D eigenvalue weighted by atomic mass is 10.2. The summed E-state index contributed by atoms with van der Waals surface area (Å²) in [6.07, 6.45) is 5.74. The molecule has 1 aliphatic carbocycles. The Morgan fingerprint density at radius 2 is 1.62 bits per heavy atom. The summed E-state index contributed by atoms with van der Waals surface area (Å²) in [5.41, 5.74) is 1.81. The van der Waals surface area contributed by atoms with E-state index in [0.29, 0.717) is 0 Å². The van der Waals surface area contributed by atoms with Gasteiger partial charge in [-0.2, -0.15) is 0 Å². The topological polar surface area (TPSA) is 6.48 Å². The van der Waals surface area contributed by atoms with Crippen LogP contribution in [0.25, 0.3) is 0 Å². The normalized spacial score (nSPS) is 26.6. The van der Waals surface area contributed by atoms with Crippen LogP contribution in [-0.4, -0.2) is 47.5 Å². The fourth-order valence-corrected chi connectivity index (χ4v) is 2.69. The minimum Gasteiger partial charge on any atom is -0.366 e. The SMILES string of the molecule is S=CN1CCN(C2CCCC2)CC1. The van der Waals surface area contributed by atoms with E-state index in [4.69, 9.17) is 12.2 Å². The number of thiocarbonyl (C=S) groups is 1. The zero-order valence-electron chi connectivity index (χ0n) is 8.11. The highest BCUT2D eigenvalue weighted by Crippen LogP contribution is 2.23. The molecule has 0 amide bonds. The molecule has 1 heterocycles. The van der Waals surface area contributed by atoms with Crippen molar-refractivity contribution in [3.63, 3.8) is 0 Å². The molecule has 0 aromatic rings. The molecule has 1 saturated heterocycles. The predicted molar refractivity (Wildman–Crippen MR) is 59.1 cm³/mol. The van der Waals surface area contributed by atoms with Gasteiger partial charge in [-0.1, -0.05) is 25.1 Å². The van der Waals surface area contributed by atoms with Gasteiger partial charge in [-0.15, -0.1) is 0 Å². The Labute approximate surface area is 85.9 Å². The van der Waals surface area contributed by atoms with E-state index in [1.54, 1.807) is 0 Å². The fourth-order valence-electron chi connectivity index (χ4n) is 2.48. The summed E-state index contributed by atoms with van der Waals surface area (Å²) in [7, 11) is 0. The summed E-state index contributed by atoms with van der Waals surface area (Å²) in [4.78, 5) is 4.91. The molecule has 2 rings (SSSR count). The van der Waals surface area contributed by atoms with Gasteiger partial charge < -0.3 is 4.90 Å². The number of hydrogen-bond donors (Lipinski definition) is 0. The molecule has 2 nitrogen and oxygen atoms in total. The van der Waals surface area contributed by atoms with Crippen LogP contribution in [0.2, 0.25) is 0 Å². The van der Waals surface area contributed by atoms with E-state index in [1.807, 2.05) is 5.49 Å². The average molecular weight is 198 g/mol. The van der Waals surface area contributed by atoms with Crippen molar-refractivity contribution in [3.05, 3.63) is 0 Å². The maximum Gasteiger partial charge on any atom is 0.0641 e. The van der Waals surface area contributed by atoms with Gasteiger partial charge >= 0.3 is 0 Å². The molecule has 3 heteroatoms. The first-order valence-electron chi connectivity index (χ1n) is 5.33. The Morgan fingerprint density at radius 1 is 1.00 bits per heavy atom. The van der Waals surface area contributed by atoms with Gasteiger partial charge in [0.2, 0.25) is 0 Å². The van der Waals surface area contributed by atoms with E-state index in [9.17, 15) is 0 Å². The van der Waals surface area contributed by atoms with Crippen molar-refractivity contribution in [2.75, 3.05) is 26.2 Å². The molecular weight excluding hydrogens is 180 g/mol. The van der Waals surface area contributed by atoms with Gasteiger partial charge in [0.05, 0.1) is 5.49 Å². The van der Waals surface area contributed by atoms with E-state index in [1.165, 1.54) is 38.8 Å². The van der Waals surface area contributed by atoms with Crippen LogP contribution in [-0.2, 0) is 0 Å². The van der Waals surface area contributed by atoms with Crippen LogP contribution >= 0.6 is 12.2 Å². The van der Waals surface area contributed by atoms with Gasteiger partial charge in [-0.25, -0.2) is 0 Å². The van der Waals surface area contributed by atoms with Crippen LogP contribution in [0.4, 0.5) is 0 Å². The first-order valence-corrected chi connectivity index (χ1v) is 5.80. The quantitative estimate of drug-likeness (QED) is 0.621. The zero-order chi connectivity index (χ0) is 9.10. The highest BCUT2D eigenvalue weighted by Gasteiger charge is 2.24. The summed E-state index contributed by atoms with van der Waals surface area (Å²) < 4.78 is 0. The second-order valence-corrected chi connectivity index (χ2v) is 4.33. The Morgan fingerprint density at radius 3 is 2.15 bits per heavy atom. The van der Waals surface area contributed by atoms with Gasteiger partial charge in [0.15, 0.2) is 0 Å². The molecule has 0 aromatic carbocycles. The molecule has 0 radical (unpaired) electrons. The van der Waals surface area contributed by atoms with Crippen molar-refractivity contribution in [3.8, 4) is 0 Å². The minimum absolute atomic E-state index is 0.896. The third-order valence-corrected chi connectivity index (χ3v) is 3.64. The summed E-state index contributed by atoms with van der Waals surface area (Å²) in [6, 6.07) is 0.896. The van der Waals surface area contributed by atoms with Crippen LogP contribution < -0.4 is 0 Å². The molecule has 0 unspecified atom stereocenters. The van der Waals surface area contributed by atoms with Crippen LogP contribution in [0.3, 0.4) is 0 Å². The smallest absolute Gasteiger partial charge is 0.0641 e. The Bertz CT molecular complexity index is 170. The number of nitrogens with zero attached hydrogens (tertiary/aromatic N) is 2. The second kappa shape index (κ2) is 4.38. The van der Waals surface area contributed by atoms with Crippen molar-refractivity contribution in [1.82, 2.24) is 9.80 Å². The lowest BCUT2D eigenvalue weighted by Crippen LogP contribution is -2.48. The molecule has 1 aliphatic heterocycles. The summed E-state index contributed by atoms with van der Waals surface area (Å²) in [6.45, 7) is 4.72. The van der Waals surface area contributed by atoms with E-state index in [2.05, 4.69) is 9.80 Å². The standard InChI is InChI=1S/C10H18N2S/c13-9-11-5-7-12(8-6-11)10-3-1-2-4-10/h9-10H,1-8H2. The van der Waals surface area contributed by atoms with E-state index in [0.717, 1.165) is 19.1 Å². The Balaban J connectivity index is 1.79. The maximum absolute atomic E-state index is 4.93. The van der Waals surface area contributed by atoms with Gasteiger partial charge in [0, 0.05) is 32.2 Å². The van der Waals surface area contributed by atoms with Crippen molar-refractivity contribution in [2.24, 2.45) is 0 Å². The van der Waals surface area contributed by atoms with Crippen molar-refractivity contribution >= 4 is 17.7 Å². The lowest BCUT2D eigenvalue weighted by molar-refractivity contribution is 0.137. The van der Waals surface area contributed by atoms with Gasteiger partial charge in [-0.05, 0) is 12.8 Å². The Kier molecular flexibility index (Phi) is 3.17. The molecule has 0 bridgehead atoms. The molecule has 0 aromatic heterocycles. The van der Waals surface area contributed by atoms with Gasteiger partial charge in [0.1, 0.15) is 0 Å². The van der Waals surface area contributed by atoms with E-state index in [-0.39, 0.29) is 0 Å². The summed E-state index contributed by atoms with van der Waals surface area (Å²) >= 11 is 4.93. The minimum atomic E-state index is 0.896. The molecule has 74 valence electrons. The monoisotopic (exact) mass is 198 g/mol. The average Bonchev–Trinajstić information content (AvgIpc) is 2.71. The third kappa shape index (κ3) is 2.20. The number of hydrogen-bond acceptors (Lipinski definition) is 2. The molecule has 0 atom stereocenters. The first-order chi connectivity index (χ1) is 6.40. The first kappa shape index (κ1) is 9.41. The highest BCUT2D eigenvalue weighted by atomic mass is 32.1. The van der Waals surface area contributed by atoms with Gasteiger partial charge in [0.25, 0.3) is 0 Å². The lowest BCUT2D eigenvalue weighted by Gasteiger charge is -2.37. The molecule has 1 saturated carbocycles. The molecule has 0 N–H and O–H groups in total. The molecular formula is C10H18N2S. The Hall–Kier alpha value is -0.150. The third-order valence-electron chi connectivity index (χ3n) is 3.34. The van der Waals surface area contributed by atoms with Crippen LogP contribution in [0.15, 0.2) is 0 Å². The second-order valence-electron chi connectivity index (χ2n) is 4.12. The van der Waals surface area contributed by atoms with Gasteiger partial charge in [-0.3, -0.25) is 4.90 Å². The van der Waals surface area contributed by atoms with E-state index >= 15 is 0 Å².